The minimum atomic E-state index is 0.847. The SMILES string of the molecule is C=C=C(C)CC(=C)NC. The minimum Gasteiger partial charge on any atom is -0.392 e. The van der Waals surface area contributed by atoms with Gasteiger partial charge in [0.05, 0.1) is 0 Å². The first-order valence-electron chi connectivity index (χ1n) is 2.91. The van der Waals surface area contributed by atoms with Gasteiger partial charge in [0.1, 0.15) is 0 Å². The van der Waals surface area contributed by atoms with Crippen LogP contribution in [0, 0.1) is 0 Å². The molecular formula is C8H13N. The summed E-state index contributed by atoms with van der Waals surface area (Å²) in [7, 11) is 1.86. The molecule has 0 aromatic carbocycles. The Bertz CT molecular complexity index is 150. The van der Waals surface area contributed by atoms with Crippen molar-refractivity contribution in [2.45, 2.75) is 13.3 Å². The third-order valence-corrected chi connectivity index (χ3v) is 1.13. The second-order valence-corrected chi connectivity index (χ2v) is 1.99. The molecule has 0 fully saturated rings. The average molecular weight is 123 g/mol. The molecule has 1 heteroatoms. The monoisotopic (exact) mass is 123 g/mol. The van der Waals surface area contributed by atoms with Crippen molar-refractivity contribution >= 4 is 0 Å². The van der Waals surface area contributed by atoms with Gasteiger partial charge in [0.25, 0.3) is 0 Å². The summed E-state index contributed by atoms with van der Waals surface area (Å²) in [5, 5.41) is 2.95. The van der Waals surface area contributed by atoms with E-state index in [1.807, 2.05) is 14.0 Å². The largest absolute Gasteiger partial charge is 0.392 e. The zero-order valence-corrected chi connectivity index (χ0v) is 6.12. The fraction of sp³-hybridized carbons (Fsp3) is 0.375. The summed E-state index contributed by atoms with van der Waals surface area (Å²) in [6.45, 7) is 9.26. The molecule has 0 heterocycles. The molecule has 0 aliphatic rings. The molecule has 0 aliphatic heterocycles. The minimum absolute atomic E-state index is 0.847. The van der Waals surface area contributed by atoms with Crippen LogP contribution in [-0.4, -0.2) is 7.05 Å². The maximum atomic E-state index is 3.76. The fourth-order valence-electron chi connectivity index (χ4n) is 0.471. The summed E-state index contributed by atoms with van der Waals surface area (Å²) in [5.41, 5.74) is 4.92. The topological polar surface area (TPSA) is 12.0 Å². The molecule has 0 aliphatic carbocycles. The summed E-state index contributed by atoms with van der Waals surface area (Å²) < 4.78 is 0. The molecule has 0 amide bonds. The van der Waals surface area contributed by atoms with Gasteiger partial charge in [-0.1, -0.05) is 13.2 Å². The molecule has 50 valence electrons. The molecule has 0 saturated heterocycles. The molecule has 0 bridgehead atoms. The predicted octanol–water partition coefficient (Wildman–Crippen LogP) is 1.84. The van der Waals surface area contributed by atoms with E-state index in [0.29, 0.717) is 0 Å². The number of hydrogen-bond acceptors (Lipinski definition) is 1. The Kier molecular flexibility index (Phi) is 3.57. The van der Waals surface area contributed by atoms with Crippen molar-refractivity contribution in [1.29, 1.82) is 0 Å². The molecule has 0 radical (unpaired) electrons. The van der Waals surface area contributed by atoms with Gasteiger partial charge in [0, 0.05) is 19.2 Å². The van der Waals surface area contributed by atoms with Crippen LogP contribution in [0.5, 0.6) is 0 Å². The first-order chi connectivity index (χ1) is 4.20. The van der Waals surface area contributed by atoms with Crippen LogP contribution in [0.2, 0.25) is 0 Å². The number of rotatable bonds is 3. The van der Waals surface area contributed by atoms with Gasteiger partial charge < -0.3 is 5.32 Å². The Labute approximate surface area is 56.8 Å². The van der Waals surface area contributed by atoms with Crippen molar-refractivity contribution in [1.82, 2.24) is 5.32 Å². The van der Waals surface area contributed by atoms with E-state index in [1.165, 1.54) is 0 Å². The zero-order chi connectivity index (χ0) is 7.28. The molecule has 1 nitrogen and oxygen atoms in total. The van der Waals surface area contributed by atoms with Gasteiger partial charge in [-0.05, 0) is 12.5 Å². The van der Waals surface area contributed by atoms with Crippen molar-refractivity contribution < 1.29 is 0 Å². The molecule has 0 aromatic rings. The van der Waals surface area contributed by atoms with Gasteiger partial charge in [-0.3, -0.25) is 0 Å². The van der Waals surface area contributed by atoms with E-state index in [4.69, 9.17) is 0 Å². The van der Waals surface area contributed by atoms with E-state index in [2.05, 4.69) is 24.2 Å². The van der Waals surface area contributed by atoms with Crippen LogP contribution in [0.1, 0.15) is 13.3 Å². The Hall–Kier alpha value is -0.940. The molecule has 1 N–H and O–H groups in total. The van der Waals surface area contributed by atoms with Crippen LogP contribution in [0.4, 0.5) is 0 Å². The van der Waals surface area contributed by atoms with Gasteiger partial charge in [-0.15, -0.1) is 5.73 Å². The van der Waals surface area contributed by atoms with Crippen molar-refractivity contribution in [3.63, 3.8) is 0 Å². The molecule has 0 atom stereocenters. The highest BCUT2D eigenvalue weighted by atomic mass is 14.8. The van der Waals surface area contributed by atoms with E-state index < -0.39 is 0 Å². The Morgan fingerprint density at radius 3 is 2.56 bits per heavy atom. The van der Waals surface area contributed by atoms with E-state index in [9.17, 15) is 0 Å². The van der Waals surface area contributed by atoms with Crippen molar-refractivity contribution in [3.05, 3.63) is 30.2 Å². The van der Waals surface area contributed by atoms with E-state index >= 15 is 0 Å². The summed E-state index contributed by atoms with van der Waals surface area (Å²) in [5.74, 6) is 0. The van der Waals surface area contributed by atoms with Crippen LogP contribution >= 0.6 is 0 Å². The second kappa shape index (κ2) is 3.99. The molecule has 0 unspecified atom stereocenters. The lowest BCUT2D eigenvalue weighted by Crippen LogP contribution is -2.03. The Morgan fingerprint density at radius 1 is 1.67 bits per heavy atom. The van der Waals surface area contributed by atoms with Crippen LogP contribution < -0.4 is 5.32 Å². The smallest absolute Gasteiger partial charge is 0.0149 e. The molecule has 0 aromatic heterocycles. The lowest BCUT2D eigenvalue weighted by Gasteiger charge is -2.01. The second-order valence-electron chi connectivity index (χ2n) is 1.99. The van der Waals surface area contributed by atoms with Crippen molar-refractivity contribution in [2.24, 2.45) is 0 Å². The molecule has 9 heavy (non-hydrogen) atoms. The normalized spacial score (nSPS) is 7.78. The highest BCUT2D eigenvalue weighted by Gasteiger charge is 1.89. The maximum Gasteiger partial charge on any atom is 0.0149 e. The number of nitrogens with one attached hydrogen (secondary N) is 1. The first kappa shape index (κ1) is 8.06. The van der Waals surface area contributed by atoms with Crippen LogP contribution in [0.3, 0.4) is 0 Å². The summed E-state index contributed by atoms with van der Waals surface area (Å²) >= 11 is 0. The Morgan fingerprint density at radius 2 is 2.22 bits per heavy atom. The van der Waals surface area contributed by atoms with Gasteiger partial charge in [-0.25, -0.2) is 0 Å². The Balaban J connectivity index is 3.74. The molecular weight excluding hydrogens is 110 g/mol. The third kappa shape index (κ3) is 3.63. The van der Waals surface area contributed by atoms with Crippen molar-refractivity contribution in [3.8, 4) is 0 Å². The van der Waals surface area contributed by atoms with Crippen molar-refractivity contribution in [2.75, 3.05) is 7.05 Å². The number of hydrogen-bond donors (Lipinski definition) is 1. The van der Waals surface area contributed by atoms with Crippen LogP contribution in [0.15, 0.2) is 30.2 Å². The standard InChI is InChI=1S/C8H13N/c1-5-7(2)6-8(3)9-4/h9H,1,3,6H2,2,4H3. The number of allylic oxidation sites excluding steroid dienone is 1. The quantitative estimate of drug-likeness (QED) is 0.565. The van der Waals surface area contributed by atoms with E-state index in [-0.39, 0.29) is 0 Å². The maximum absolute atomic E-state index is 3.76. The average Bonchev–Trinajstić information content (AvgIpc) is 1.87. The predicted molar refractivity (Wildman–Crippen MR) is 41.1 cm³/mol. The highest BCUT2D eigenvalue weighted by molar-refractivity contribution is 5.07. The molecule has 0 rings (SSSR count). The van der Waals surface area contributed by atoms with Gasteiger partial charge >= 0.3 is 0 Å². The third-order valence-electron chi connectivity index (χ3n) is 1.13. The van der Waals surface area contributed by atoms with Crippen LogP contribution in [0.25, 0.3) is 0 Å². The molecule has 0 saturated carbocycles. The fourth-order valence-corrected chi connectivity index (χ4v) is 0.471. The summed E-state index contributed by atoms with van der Waals surface area (Å²) in [4.78, 5) is 0. The van der Waals surface area contributed by atoms with Gasteiger partial charge in [0.2, 0.25) is 0 Å². The van der Waals surface area contributed by atoms with E-state index in [0.717, 1.165) is 17.7 Å². The summed E-state index contributed by atoms with van der Waals surface area (Å²) in [6.07, 6.45) is 0.847. The highest BCUT2D eigenvalue weighted by Crippen LogP contribution is 2.01. The zero-order valence-electron chi connectivity index (χ0n) is 6.12. The first-order valence-corrected chi connectivity index (χ1v) is 2.91. The lowest BCUT2D eigenvalue weighted by molar-refractivity contribution is 0.921. The van der Waals surface area contributed by atoms with E-state index in [1.54, 1.807) is 0 Å². The van der Waals surface area contributed by atoms with Crippen LogP contribution in [-0.2, 0) is 0 Å². The lowest BCUT2D eigenvalue weighted by atomic mass is 10.2. The van der Waals surface area contributed by atoms with Gasteiger partial charge in [-0.2, -0.15) is 0 Å². The molecule has 0 spiro atoms. The van der Waals surface area contributed by atoms with Gasteiger partial charge in [0.15, 0.2) is 0 Å². The summed E-state index contributed by atoms with van der Waals surface area (Å²) in [6, 6.07) is 0.